The summed E-state index contributed by atoms with van der Waals surface area (Å²) in [7, 11) is -2.77. The van der Waals surface area contributed by atoms with Gasteiger partial charge in [0.1, 0.15) is 16.5 Å². The van der Waals surface area contributed by atoms with Gasteiger partial charge in [-0.2, -0.15) is 0 Å². The van der Waals surface area contributed by atoms with Crippen LogP contribution in [0.4, 0.5) is 10.1 Å². The van der Waals surface area contributed by atoms with Gasteiger partial charge in [-0.3, -0.25) is 9.52 Å². The summed E-state index contributed by atoms with van der Waals surface area (Å²) in [6, 6.07) is 9.74. The lowest BCUT2D eigenvalue weighted by Crippen LogP contribution is -2.35. The van der Waals surface area contributed by atoms with Gasteiger partial charge in [0.2, 0.25) is 0 Å². The monoisotopic (exact) mass is 392 g/mol. The topological polar surface area (TPSA) is 75.7 Å². The zero-order chi connectivity index (χ0) is 19.4. The van der Waals surface area contributed by atoms with Gasteiger partial charge in [0.25, 0.3) is 15.9 Å². The maximum absolute atomic E-state index is 14.1. The molecule has 1 saturated heterocycles. The van der Waals surface area contributed by atoms with Crippen LogP contribution in [-0.2, 0) is 10.0 Å². The Labute approximate surface area is 158 Å². The summed E-state index contributed by atoms with van der Waals surface area (Å²) in [5.41, 5.74) is 0.598. The van der Waals surface area contributed by atoms with E-state index in [4.69, 9.17) is 4.74 Å². The van der Waals surface area contributed by atoms with Gasteiger partial charge >= 0.3 is 0 Å². The molecule has 1 amide bonds. The Morgan fingerprint density at radius 3 is 2.52 bits per heavy atom. The van der Waals surface area contributed by atoms with E-state index in [0.29, 0.717) is 18.7 Å². The van der Waals surface area contributed by atoms with Gasteiger partial charge in [-0.05, 0) is 49.6 Å². The van der Waals surface area contributed by atoms with Crippen LogP contribution < -0.4 is 9.46 Å². The number of hydrogen-bond acceptors (Lipinski definition) is 4. The Balaban J connectivity index is 1.82. The van der Waals surface area contributed by atoms with E-state index in [9.17, 15) is 17.6 Å². The highest BCUT2D eigenvalue weighted by Gasteiger charge is 2.22. The number of likely N-dealkylation sites (tertiary alicyclic amines) is 1. The van der Waals surface area contributed by atoms with Crippen LogP contribution in [0, 0.1) is 5.82 Å². The predicted octanol–water partition coefficient (Wildman–Crippen LogP) is 3.26. The summed E-state index contributed by atoms with van der Waals surface area (Å²) < 4.78 is 46.4. The zero-order valence-corrected chi connectivity index (χ0v) is 15.8. The average Bonchev–Trinajstić information content (AvgIpc) is 2.67. The Bertz CT molecular complexity index is 940. The number of nitrogens with zero attached hydrogens (tertiary/aromatic N) is 1. The predicted molar refractivity (Wildman–Crippen MR) is 100.0 cm³/mol. The van der Waals surface area contributed by atoms with Crippen LogP contribution in [-0.4, -0.2) is 39.4 Å². The number of methoxy groups -OCH3 is 1. The van der Waals surface area contributed by atoms with E-state index < -0.39 is 20.7 Å². The molecule has 1 aliphatic heterocycles. The lowest BCUT2D eigenvalue weighted by molar-refractivity contribution is 0.0724. The van der Waals surface area contributed by atoms with Crippen molar-refractivity contribution < 1.29 is 22.3 Å². The van der Waals surface area contributed by atoms with E-state index in [2.05, 4.69) is 4.72 Å². The molecule has 144 valence electrons. The normalized spacial score (nSPS) is 14.7. The number of carbonyl (C=O) groups is 1. The quantitative estimate of drug-likeness (QED) is 0.847. The van der Waals surface area contributed by atoms with Crippen LogP contribution in [0.2, 0.25) is 0 Å². The molecule has 0 radical (unpaired) electrons. The van der Waals surface area contributed by atoms with Gasteiger partial charge in [-0.15, -0.1) is 0 Å². The van der Waals surface area contributed by atoms with Crippen LogP contribution in [0.1, 0.15) is 29.6 Å². The number of hydrogen-bond donors (Lipinski definition) is 1. The Morgan fingerprint density at radius 2 is 1.85 bits per heavy atom. The van der Waals surface area contributed by atoms with Crippen LogP contribution in [0.15, 0.2) is 47.4 Å². The standard InChI is InChI=1S/C19H21FN2O4S/c1-26-16-8-9-18(17(20)13-16)27(24,25)21-15-7-5-6-14(12-15)19(23)22-10-3-2-4-11-22/h5-9,12-13,21H,2-4,10-11H2,1H3. The second-order valence-corrected chi connectivity index (χ2v) is 7.99. The van der Waals surface area contributed by atoms with E-state index >= 15 is 0 Å². The first-order valence-electron chi connectivity index (χ1n) is 8.66. The number of ether oxygens (including phenoxy) is 1. The minimum Gasteiger partial charge on any atom is -0.497 e. The van der Waals surface area contributed by atoms with Gasteiger partial charge in [0.05, 0.1) is 7.11 Å². The lowest BCUT2D eigenvalue weighted by atomic mass is 10.1. The molecular formula is C19H21FN2O4S. The molecule has 6 nitrogen and oxygen atoms in total. The van der Waals surface area contributed by atoms with Crippen molar-refractivity contribution in [1.82, 2.24) is 4.90 Å². The molecular weight excluding hydrogens is 371 g/mol. The molecule has 27 heavy (non-hydrogen) atoms. The molecule has 0 atom stereocenters. The van der Waals surface area contributed by atoms with Crippen molar-refractivity contribution in [2.75, 3.05) is 24.9 Å². The molecule has 0 unspecified atom stereocenters. The number of rotatable bonds is 5. The third kappa shape index (κ3) is 4.39. The number of carbonyl (C=O) groups excluding carboxylic acids is 1. The molecule has 8 heteroatoms. The van der Waals surface area contributed by atoms with Gasteiger partial charge in [0, 0.05) is 30.4 Å². The van der Waals surface area contributed by atoms with Crippen molar-refractivity contribution in [2.24, 2.45) is 0 Å². The van der Waals surface area contributed by atoms with E-state index in [0.717, 1.165) is 31.4 Å². The molecule has 1 heterocycles. The first-order chi connectivity index (χ1) is 12.9. The number of halogens is 1. The summed E-state index contributed by atoms with van der Waals surface area (Å²) in [6.07, 6.45) is 3.04. The number of piperidine rings is 1. The molecule has 0 bridgehead atoms. The minimum atomic E-state index is -4.14. The van der Waals surface area contributed by atoms with Crippen LogP contribution >= 0.6 is 0 Å². The molecule has 2 aromatic carbocycles. The maximum Gasteiger partial charge on any atom is 0.264 e. The average molecular weight is 392 g/mol. The number of sulfonamides is 1. The molecule has 3 rings (SSSR count). The van der Waals surface area contributed by atoms with Gasteiger partial charge in [-0.1, -0.05) is 6.07 Å². The summed E-state index contributed by atoms with van der Waals surface area (Å²) in [6.45, 7) is 1.40. The van der Waals surface area contributed by atoms with Crippen molar-refractivity contribution in [3.63, 3.8) is 0 Å². The second kappa shape index (κ2) is 7.96. The number of benzene rings is 2. The van der Waals surface area contributed by atoms with Crippen LogP contribution in [0.3, 0.4) is 0 Å². The molecule has 0 aromatic heterocycles. The van der Waals surface area contributed by atoms with Crippen molar-refractivity contribution in [3.05, 3.63) is 53.8 Å². The summed E-state index contributed by atoms with van der Waals surface area (Å²) in [4.78, 5) is 13.9. The lowest BCUT2D eigenvalue weighted by Gasteiger charge is -2.26. The second-order valence-electron chi connectivity index (χ2n) is 6.34. The van der Waals surface area contributed by atoms with E-state index in [1.807, 2.05) is 0 Å². The molecule has 1 aliphatic rings. The minimum absolute atomic E-state index is 0.133. The van der Waals surface area contributed by atoms with Crippen molar-refractivity contribution in [2.45, 2.75) is 24.2 Å². The molecule has 0 spiro atoms. The molecule has 1 fully saturated rings. The van der Waals surface area contributed by atoms with E-state index in [-0.39, 0.29) is 17.3 Å². The number of amides is 1. The third-order valence-corrected chi connectivity index (χ3v) is 5.85. The van der Waals surface area contributed by atoms with E-state index in [1.165, 1.54) is 25.3 Å². The Morgan fingerprint density at radius 1 is 1.11 bits per heavy atom. The highest BCUT2D eigenvalue weighted by atomic mass is 32.2. The fourth-order valence-corrected chi connectivity index (χ4v) is 4.14. The SMILES string of the molecule is COc1ccc(S(=O)(=O)Nc2cccc(C(=O)N3CCCCC3)c2)c(F)c1. The van der Waals surface area contributed by atoms with Crippen LogP contribution in [0.25, 0.3) is 0 Å². The van der Waals surface area contributed by atoms with Gasteiger partial charge in [-0.25, -0.2) is 12.8 Å². The largest absolute Gasteiger partial charge is 0.497 e. The van der Waals surface area contributed by atoms with Crippen molar-refractivity contribution >= 4 is 21.6 Å². The van der Waals surface area contributed by atoms with Gasteiger partial charge in [0.15, 0.2) is 0 Å². The Hall–Kier alpha value is -2.61. The first-order valence-corrected chi connectivity index (χ1v) is 10.1. The van der Waals surface area contributed by atoms with Crippen LogP contribution in [0.5, 0.6) is 5.75 Å². The summed E-state index contributed by atoms with van der Waals surface area (Å²) in [5.74, 6) is -0.825. The van der Waals surface area contributed by atoms with Gasteiger partial charge < -0.3 is 9.64 Å². The zero-order valence-electron chi connectivity index (χ0n) is 14.9. The maximum atomic E-state index is 14.1. The molecule has 0 saturated carbocycles. The van der Waals surface area contributed by atoms with Crippen molar-refractivity contribution in [1.29, 1.82) is 0 Å². The smallest absolute Gasteiger partial charge is 0.264 e. The first kappa shape index (κ1) is 19.2. The molecule has 2 aromatic rings. The molecule has 1 N–H and O–H groups in total. The summed E-state index contributed by atoms with van der Waals surface area (Å²) >= 11 is 0. The summed E-state index contributed by atoms with van der Waals surface area (Å²) in [5, 5.41) is 0. The fourth-order valence-electron chi connectivity index (χ4n) is 3.03. The Kier molecular flexibility index (Phi) is 5.65. The molecule has 0 aliphatic carbocycles. The highest BCUT2D eigenvalue weighted by molar-refractivity contribution is 7.92. The highest BCUT2D eigenvalue weighted by Crippen LogP contribution is 2.23. The number of nitrogens with one attached hydrogen (secondary N) is 1. The fraction of sp³-hybridized carbons (Fsp3) is 0.316. The number of anilines is 1. The van der Waals surface area contributed by atoms with E-state index in [1.54, 1.807) is 17.0 Å². The third-order valence-electron chi connectivity index (χ3n) is 4.43. The van der Waals surface area contributed by atoms with Crippen molar-refractivity contribution in [3.8, 4) is 5.75 Å².